The maximum atomic E-state index is 14.1. The van der Waals surface area contributed by atoms with Crippen LogP contribution >= 0.6 is 0 Å². The lowest BCUT2D eigenvalue weighted by Gasteiger charge is -2.34. The molecule has 0 atom stereocenters. The summed E-state index contributed by atoms with van der Waals surface area (Å²) in [6.45, 7) is 3.35. The lowest BCUT2D eigenvalue weighted by Crippen LogP contribution is -2.44. The summed E-state index contributed by atoms with van der Waals surface area (Å²) in [5.74, 6) is -1.06. The largest absolute Gasteiger partial charge is 0.334 e. The van der Waals surface area contributed by atoms with Gasteiger partial charge >= 0.3 is 0 Å². The average Bonchev–Trinajstić information content (AvgIpc) is 2.89. The van der Waals surface area contributed by atoms with Gasteiger partial charge in [0.15, 0.2) is 0 Å². The van der Waals surface area contributed by atoms with Gasteiger partial charge in [-0.15, -0.1) is 0 Å². The summed E-state index contributed by atoms with van der Waals surface area (Å²) in [5.41, 5.74) is 3.21. The molecule has 1 aliphatic heterocycles. The monoisotopic (exact) mass is 495 g/mol. The number of carbonyl (C=O) groups is 1. The number of nitrogens with zero attached hydrogens (tertiary/aromatic N) is 3. The van der Waals surface area contributed by atoms with Gasteiger partial charge in [0.1, 0.15) is 10.7 Å². The maximum Gasteiger partial charge on any atom is 0.245 e. The quantitative estimate of drug-likeness (QED) is 0.464. The molecule has 2 heterocycles. The van der Waals surface area contributed by atoms with Gasteiger partial charge in [-0.05, 0) is 54.2 Å². The van der Waals surface area contributed by atoms with Crippen LogP contribution in [0.1, 0.15) is 36.5 Å². The van der Waals surface area contributed by atoms with Crippen LogP contribution in [0.25, 0.3) is 0 Å². The van der Waals surface area contributed by atoms with Gasteiger partial charge in [0.25, 0.3) is 0 Å². The van der Waals surface area contributed by atoms with Crippen LogP contribution in [0.15, 0.2) is 78.0 Å². The molecule has 35 heavy (non-hydrogen) atoms. The average molecular weight is 496 g/mol. The SMILES string of the molecule is CCc1ccc(CN(Cc2cccnc2)C(=O)C2CCN(S(=O)(=O)c3ccccc3F)CC2)cc1. The lowest BCUT2D eigenvalue weighted by molar-refractivity contribution is -0.138. The summed E-state index contributed by atoms with van der Waals surface area (Å²) in [4.78, 5) is 19.3. The first-order valence-electron chi connectivity index (χ1n) is 11.9. The van der Waals surface area contributed by atoms with Gasteiger partial charge in [0.05, 0.1) is 0 Å². The number of pyridine rings is 1. The van der Waals surface area contributed by atoms with E-state index in [9.17, 15) is 17.6 Å². The van der Waals surface area contributed by atoms with Crippen molar-refractivity contribution in [1.29, 1.82) is 0 Å². The molecule has 0 aliphatic carbocycles. The van der Waals surface area contributed by atoms with Crippen molar-refractivity contribution in [3.8, 4) is 0 Å². The summed E-state index contributed by atoms with van der Waals surface area (Å²) in [6.07, 6.45) is 5.19. The van der Waals surface area contributed by atoms with Crippen LogP contribution < -0.4 is 0 Å². The molecule has 184 valence electrons. The number of aromatic nitrogens is 1. The molecule has 1 saturated heterocycles. The Morgan fingerprint density at radius 1 is 0.971 bits per heavy atom. The molecule has 4 rings (SSSR count). The summed E-state index contributed by atoms with van der Waals surface area (Å²) in [7, 11) is -3.94. The van der Waals surface area contributed by atoms with Crippen LogP contribution in [0.2, 0.25) is 0 Å². The van der Waals surface area contributed by atoms with E-state index in [2.05, 4.69) is 24.0 Å². The highest BCUT2D eigenvalue weighted by Gasteiger charge is 2.35. The number of benzene rings is 2. The molecule has 0 radical (unpaired) electrons. The third kappa shape index (κ3) is 5.94. The van der Waals surface area contributed by atoms with Gasteiger partial charge in [0, 0.05) is 44.5 Å². The van der Waals surface area contributed by atoms with Gasteiger partial charge in [0.2, 0.25) is 15.9 Å². The van der Waals surface area contributed by atoms with Crippen molar-refractivity contribution in [2.24, 2.45) is 5.92 Å². The smallest absolute Gasteiger partial charge is 0.245 e. The number of amides is 1. The number of hydrogen-bond acceptors (Lipinski definition) is 4. The predicted octanol–water partition coefficient (Wildman–Crippen LogP) is 4.41. The fraction of sp³-hybridized carbons (Fsp3) is 0.333. The minimum absolute atomic E-state index is 0.00337. The summed E-state index contributed by atoms with van der Waals surface area (Å²) in [5, 5.41) is 0. The van der Waals surface area contributed by atoms with Crippen LogP contribution in [-0.4, -0.2) is 41.6 Å². The van der Waals surface area contributed by atoms with Crippen molar-refractivity contribution < 1.29 is 17.6 Å². The second-order valence-electron chi connectivity index (χ2n) is 8.83. The van der Waals surface area contributed by atoms with Crippen molar-refractivity contribution in [1.82, 2.24) is 14.2 Å². The minimum atomic E-state index is -3.94. The highest BCUT2D eigenvalue weighted by Crippen LogP contribution is 2.27. The number of aryl methyl sites for hydroxylation is 1. The molecule has 1 aromatic heterocycles. The van der Waals surface area contributed by atoms with E-state index in [1.807, 2.05) is 29.2 Å². The zero-order chi connectivity index (χ0) is 24.8. The van der Waals surface area contributed by atoms with E-state index >= 15 is 0 Å². The molecule has 6 nitrogen and oxygen atoms in total. The number of hydrogen-bond donors (Lipinski definition) is 0. The topological polar surface area (TPSA) is 70.6 Å². The second-order valence-corrected chi connectivity index (χ2v) is 10.7. The molecule has 8 heteroatoms. The third-order valence-corrected chi connectivity index (χ3v) is 8.40. The van der Waals surface area contributed by atoms with Gasteiger partial charge in [-0.25, -0.2) is 12.8 Å². The molecular formula is C27H30FN3O3S. The Morgan fingerprint density at radius 3 is 2.26 bits per heavy atom. The van der Waals surface area contributed by atoms with E-state index in [-0.39, 0.29) is 29.8 Å². The molecule has 0 bridgehead atoms. The number of sulfonamides is 1. The fourth-order valence-electron chi connectivity index (χ4n) is 4.42. The summed E-state index contributed by atoms with van der Waals surface area (Å²) >= 11 is 0. The number of halogens is 1. The zero-order valence-corrected chi connectivity index (χ0v) is 20.6. The summed E-state index contributed by atoms with van der Waals surface area (Å²) in [6, 6.07) is 17.4. The van der Waals surface area contributed by atoms with Gasteiger partial charge in [-0.2, -0.15) is 4.31 Å². The van der Waals surface area contributed by atoms with Crippen molar-refractivity contribution in [2.45, 2.75) is 44.2 Å². The standard InChI is InChI=1S/C27H30FN3O3S/c1-2-21-9-11-22(12-10-21)19-30(20-23-6-5-15-29-18-23)27(32)24-13-16-31(17-14-24)35(33,34)26-8-4-3-7-25(26)28/h3-12,15,18,24H,2,13-14,16-17,19-20H2,1H3. The van der Waals surface area contributed by atoms with E-state index in [4.69, 9.17) is 0 Å². The second kappa shape index (κ2) is 11.1. The van der Waals surface area contributed by atoms with E-state index < -0.39 is 15.8 Å². The van der Waals surface area contributed by atoms with E-state index in [0.717, 1.165) is 23.6 Å². The van der Waals surface area contributed by atoms with Crippen molar-refractivity contribution in [3.63, 3.8) is 0 Å². The first-order valence-corrected chi connectivity index (χ1v) is 13.3. The number of carbonyl (C=O) groups excluding carboxylic acids is 1. The van der Waals surface area contributed by atoms with Crippen molar-refractivity contribution >= 4 is 15.9 Å². The Kier molecular flexibility index (Phi) is 7.93. The van der Waals surface area contributed by atoms with Crippen LogP contribution in [0.3, 0.4) is 0 Å². The molecule has 3 aromatic rings. The predicted molar refractivity (Wildman–Crippen MR) is 132 cm³/mol. The molecule has 0 saturated carbocycles. The van der Waals surface area contributed by atoms with Gasteiger partial charge in [-0.3, -0.25) is 9.78 Å². The molecule has 1 aliphatic rings. The lowest BCUT2D eigenvalue weighted by atomic mass is 9.96. The van der Waals surface area contributed by atoms with Crippen molar-refractivity contribution in [3.05, 3.63) is 95.6 Å². The van der Waals surface area contributed by atoms with E-state index in [1.54, 1.807) is 12.4 Å². The normalized spacial score (nSPS) is 15.1. The Hall–Kier alpha value is -3.10. The fourth-order valence-corrected chi connectivity index (χ4v) is 5.95. The molecule has 1 amide bonds. The maximum absolute atomic E-state index is 14.1. The highest BCUT2D eigenvalue weighted by atomic mass is 32.2. The van der Waals surface area contributed by atoms with E-state index in [0.29, 0.717) is 25.9 Å². The Morgan fingerprint density at radius 2 is 1.63 bits per heavy atom. The van der Waals surface area contributed by atoms with Crippen LogP contribution in [-0.2, 0) is 34.3 Å². The molecular weight excluding hydrogens is 465 g/mol. The highest BCUT2D eigenvalue weighted by molar-refractivity contribution is 7.89. The van der Waals surface area contributed by atoms with Gasteiger partial charge in [-0.1, -0.05) is 49.4 Å². The van der Waals surface area contributed by atoms with E-state index in [1.165, 1.54) is 28.1 Å². The van der Waals surface area contributed by atoms with Crippen LogP contribution in [0, 0.1) is 11.7 Å². The van der Waals surface area contributed by atoms with Crippen molar-refractivity contribution in [2.75, 3.05) is 13.1 Å². The third-order valence-electron chi connectivity index (χ3n) is 6.47. The Labute approximate surface area is 206 Å². The molecule has 0 spiro atoms. The van der Waals surface area contributed by atoms with Crippen LogP contribution in [0.4, 0.5) is 4.39 Å². The first-order chi connectivity index (χ1) is 16.9. The van der Waals surface area contributed by atoms with Gasteiger partial charge < -0.3 is 4.90 Å². The number of rotatable bonds is 8. The molecule has 2 aromatic carbocycles. The zero-order valence-electron chi connectivity index (χ0n) is 19.8. The minimum Gasteiger partial charge on any atom is -0.334 e. The Balaban J connectivity index is 1.47. The summed E-state index contributed by atoms with van der Waals surface area (Å²) < 4.78 is 41.3. The molecule has 1 fully saturated rings. The van der Waals surface area contributed by atoms with Crippen LogP contribution in [0.5, 0.6) is 0 Å². The molecule has 0 N–H and O–H groups in total. The first kappa shape index (κ1) is 25.0. The Bertz CT molecular complexity index is 1240. The molecule has 0 unspecified atom stereocenters. The number of piperidine rings is 1.